The summed E-state index contributed by atoms with van der Waals surface area (Å²) in [6, 6.07) is 13.3. The fourth-order valence-corrected chi connectivity index (χ4v) is 4.52. The van der Waals surface area contributed by atoms with Crippen LogP contribution in [0.15, 0.2) is 64.2 Å². The quantitative estimate of drug-likeness (QED) is 0.394. The molecule has 10 nitrogen and oxygen atoms in total. The Balaban J connectivity index is 1.30. The summed E-state index contributed by atoms with van der Waals surface area (Å²) in [6.07, 6.45) is 1.57. The molecule has 0 aromatic heterocycles. The van der Waals surface area contributed by atoms with E-state index in [4.69, 9.17) is 19.6 Å². The summed E-state index contributed by atoms with van der Waals surface area (Å²) in [5.41, 5.74) is 1.15. The summed E-state index contributed by atoms with van der Waals surface area (Å²) in [5.74, 6) is -0.141. The molecule has 35 heavy (non-hydrogen) atoms. The van der Waals surface area contributed by atoms with Gasteiger partial charge in [-0.3, -0.25) is 10.2 Å². The number of carbonyl (C=O) groups excluding carboxylic acids is 2. The van der Waals surface area contributed by atoms with Crippen LogP contribution in [0, 0.1) is 5.41 Å². The maximum Gasteiger partial charge on any atom is 0.343 e. The van der Waals surface area contributed by atoms with E-state index in [1.54, 1.807) is 54.6 Å². The van der Waals surface area contributed by atoms with Gasteiger partial charge in [-0.25, -0.2) is 4.79 Å². The molecule has 1 fully saturated rings. The highest BCUT2D eigenvalue weighted by atomic mass is 32.2. The number of thioether (sulfide) groups is 1. The predicted molar refractivity (Wildman–Crippen MR) is 132 cm³/mol. The molecule has 5 rings (SSSR count). The molecular weight excluding hydrogens is 470 g/mol. The van der Waals surface area contributed by atoms with Crippen LogP contribution in [0.2, 0.25) is 0 Å². The monoisotopic (exact) mass is 491 g/mol. The highest BCUT2D eigenvalue weighted by Gasteiger charge is 2.37. The molecule has 2 aromatic carbocycles. The molecule has 0 spiro atoms. The lowest BCUT2D eigenvalue weighted by atomic mass is 10.1. The van der Waals surface area contributed by atoms with Gasteiger partial charge in [-0.2, -0.15) is 10.0 Å². The first-order chi connectivity index (χ1) is 17.0. The summed E-state index contributed by atoms with van der Waals surface area (Å²) in [4.78, 5) is 31.2. The molecule has 0 bridgehead atoms. The summed E-state index contributed by atoms with van der Waals surface area (Å²) in [6.45, 7) is 2.62. The Labute approximate surface area is 205 Å². The maximum atomic E-state index is 12.7. The number of nitrogens with zero attached hydrogens (tertiary/aromatic N) is 4. The van der Waals surface area contributed by atoms with Crippen LogP contribution in [0.3, 0.4) is 0 Å². The lowest BCUT2D eigenvalue weighted by molar-refractivity contribution is -0.114. The number of rotatable bonds is 4. The minimum Gasteiger partial charge on any atom is -0.497 e. The van der Waals surface area contributed by atoms with Crippen LogP contribution in [0.25, 0.3) is 6.08 Å². The summed E-state index contributed by atoms with van der Waals surface area (Å²) in [7, 11) is 1.53. The number of morpholine rings is 1. The number of amidine groups is 3. The largest absolute Gasteiger partial charge is 0.497 e. The van der Waals surface area contributed by atoms with Crippen LogP contribution < -0.4 is 9.47 Å². The zero-order valence-electron chi connectivity index (χ0n) is 18.8. The van der Waals surface area contributed by atoms with Crippen molar-refractivity contribution in [2.24, 2.45) is 10.1 Å². The van der Waals surface area contributed by atoms with E-state index >= 15 is 0 Å². The number of ether oxygens (including phenoxy) is 3. The maximum absolute atomic E-state index is 12.7. The van der Waals surface area contributed by atoms with Gasteiger partial charge in [0.1, 0.15) is 11.5 Å². The van der Waals surface area contributed by atoms with Crippen molar-refractivity contribution in [2.75, 3.05) is 33.4 Å². The molecule has 3 aliphatic heterocycles. The van der Waals surface area contributed by atoms with E-state index in [2.05, 4.69) is 15.0 Å². The van der Waals surface area contributed by atoms with E-state index in [0.717, 1.165) is 0 Å². The van der Waals surface area contributed by atoms with E-state index in [-0.39, 0.29) is 11.4 Å². The van der Waals surface area contributed by atoms with Crippen molar-refractivity contribution in [1.29, 1.82) is 5.41 Å². The minimum atomic E-state index is -0.512. The van der Waals surface area contributed by atoms with Crippen molar-refractivity contribution in [3.8, 4) is 11.5 Å². The van der Waals surface area contributed by atoms with E-state index in [9.17, 15) is 9.59 Å². The summed E-state index contributed by atoms with van der Waals surface area (Å²) in [5, 5.41) is 15.5. The first-order valence-electron chi connectivity index (χ1n) is 10.8. The van der Waals surface area contributed by atoms with Crippen molar-refractivity contribution >= 4 is 45.9 Å². The average molecular weight is 492 g/mol. The summed E-state index contributed by atoms with van der Waals surface area (Å²) < 4.78 is 15.9. The van der Waals surface area contributed by atoms with Crippen LogP contribution in [0.1, 0.15) is 15.9 Å². The number of benzene rings is 2. The highest BCUT2D eigenvalue weighted by Crippen LogP contribution is 2.30. The second-order valence-electron chi connectivity index (χ2n) is 7.69. The predicted octanol–water partition coefficient (Wildman–Crippen LogP) is 2.82. The van der Waals surface area contributed by atoms with E-state index < -0.39 is 11.9 Å². The molecular formula is C24H21N5O5S. The van der Waals surface area contributed by atoms with Gasteiger partial charge in [-0.15, -0.1) is 5.10 Å². The van der Waals surface area contributed by atoms with Gasteiger partial charge in [0.05, 0.1) is 31.5 Å². The van der Waals surface area contributed by atoms with Crippen molar-refractivity contribution < 1.29 is 23.8 Å². The standard InChI is InChI=1S/C24H21N5O5S/c1-32-18-4-2-3-16(14-18)22(31)34-17-7-5-15(6-8-17)13-19-20(25)29-23(26-21(19)30)35-24(27-29)28-9-11-33-12-10-28/h2-8,13-14,25H,9-12H2,1H3/b19-13-,25-20?. The normalized spacial score (nSPS) is 18.8. The highest BCUT2D eigenvalue weighted by molar-refractivity contribution is 8.26. The molecule has 1 N–H and O–H groups in total. The van der Waals surface area contributed by atoms with Crippen molar-refractivity contribution in [1.82, 2.24) is 9.91 Å². The molecule has 0 atom stereocenters. The van der Waals surface area contributed by atoms with Crippen LogP contribution in [-0.4, -0.2) is 71.4 Å². The lowest BCUT2D eigenvalue weighted by Crippen LogP contribution is -2.39. The molecule has 0 aliphatic carbocycles. The number of fused-ring (bicyclic) bond motifs is 1. The minimum absolute atomic E-state index is 0.0377. The Morgan fingerprint density at radius 2 is 1.89 bits per heavy atom. The fraction of sp³-hybridized carbons (Fsp3) is 0.208. The third-order valence-corrected chi connectivity index (χ3v) is 6.40. The van der Waals surface area contributed by atoms with Crippen LogP contribution in [-0.2, 0) is 9.53 Å². The number of nitrogens with one attached hydrogen (secondary N) is 1. The number of hydrazone groups is 1. The SMILES string of the molecule is COc1cccc(C(=O)Oc2ccc(/C=C3/C(=N)N4N=C(N5CCOCC5)SC4=NC3=O)cc2)c1. The van der Waals surface area contributed by atoms with Gasteiger partial charge >= 0.3 is 5.97 Å². The Morgan fingerprint density at radius 3 is 2.63 bits per heavy atom. The molecule has 1 amide bonds. The second kappa shape index (κ2) is 9.72. The van der Waals surface area contributed by atoms with E-state index in [0.29, 0.717) is 59.3 Å². The lowest BCUT2D eigenvalue weighted by Gasteiger charge is -2.26. The zero-order valence-corrected chi connectivity index (χ0v) is 19.6. The van der Waals surface area contributed by atoms with Gasteiger partial charge < -0.3 is 19.1 Å². The van der Waals surface area contributed by atoms with Gasteiger partial charge in [0.15, 0.2) is 11.0 Å². The molecule has 11 heteroatoms. The average Bonchev–Trinajstić information content (AvgIpc) is 3.32. The Kier molecular flexibility index (Phi) is 6.34. The van der Waals surface area contributed by atoms with Gasteiger partial charge in [0.25, 0.3) is 5.91 Å². The third-order valence-electron chi connectivity index (χ3n) is 5.43. The first kappa shape index (κ1) is 22.8. The van der Waals surface area contributed by atoms with Crippen LogP contribution >= 0.6 is 11.8 Å². The van der Waals surface area contributed by atoms with Gasteiger partial charge in [-0.1, -0.05) is 18.2 Å². The van der Waals surface area contributed by atoms with Crippen molar-refractivity contribution in [3.05, 3.63) is 65.2 Å². The Hall–Kier alpha value is -3.96. The second-order valence-corrected chi connectivity index (χ2v) is 8.63. The van der Waals surface area contributed by atoms with E-state index in [1.165, 1.54) is 23.9 Å². The smallest absolute Gasteiger partial charge is 0.343 e. The number of amides is 1. The van der Waals surface area contributed by atoms with Crippen LogP contribution in [0.4, 0.5) is 0 Å². The van der Waals surface area contributed by atoms with Crippen molar-refractivity contribution in [2.45, 2.75) is 0 Å². The number of hydrogen-bond donors (Lipinski definition) is 1. The molecule has 1 saturated heterocycles. The summed E-state index contributed by atoms with van der Waals surface area (Å²) >= 11 is 1.28. The zero-order chi connectivity index (χ0) is 24.4. The molecule has 0 radical (unpaired) electrons. The van der Waals surface area contributed by atoms with Crippen LogP contribution in [0.5, 0.6) is 11.5 Å². The Bertz CT molecular complexity index is 1280. The fourth-order valence-electron chi connectivity index (χ4n) is 3.58. The number of carbonyl (C=O) groups is 2. The molecule has 0 saturated carbocycles. The number of methoxy groups -OCH3 is 1. The van der Waals surface area contributed by atoms with E-state index in [1.807, 2.05) is 0 Å². The number of aliphatic imine (C=N–C) groups is 1. The van der Waals surface area contributed by atoms with Gasteiger partial charge in [0.2, 0.25) is 5.17 Å². The third kappa shape index (κ3) is 4.81. The van der Waals surface area contributed by atoms with Gasteiger partial charge in [-0.05, 0) is 53.7 Å². The topological polar surface area (TPSA) is 117 Å². The number of esters is 1. The molecule has 3 aliphatic rings. The van der Waals surface area contributed by atoms with Gasteiger partial charge in [0, 0.05) is 13.1 Å². The first-order valence-corrected chi connectivity index (χ1v) is 11.6. The molecule has 0 unspecified atom stereocenters. The molecule has 3 heterocycles. The Morgan fingerprint density at radius 1 is 1.11 bits per heavy atom. The number of hydrogen-bond acceptors (Lipinski definition) is 9. The van der Waals surface area contributed by atoms with Crippen molar-refractivity contribution in [3.63, 3.8) is 0 Å². The molecule has 2 aromatic rings. The molecule has 178 valence electrons.